The average Bonchev–Trinajstić information content (AvgIpc) is 2.50. The van der Waals surface area contributed by atoms with E-state index in [2.05, 4.69) is 15.9 Å². The van der Waals surface area contributed by atoms with Crippen LogP contribution in [0, 0.1) is 5.41 Å². The number of halogens is 1. The maximum absolute atomic E-state index is 10.3. The highest BCUT2D eigenvalue weighted by Crippen LogP contribution is 2.18. The van der Waals surface area contributed by atoms with Gasteiger partial charge in [-0.05, 0) is 18.6 Å². The molecule has 0 saturated carbocycles. The van der Waals surface area contributed by atoms with Crippen LogP contribution in [0.3, 0.4) is 0 Å². The summed E-state index contributed by atoms with van der Waals surface area (Å²) in [5.41, 5.74) is 0.443. The van der Waals surface area contributed by atoms with Crippen LogP contribution in [-0.4, -0.2) is 47.7 Å². The molecule has 0 radical (unpaired) electrons. The van der Waals surface area contributed by atoms with E-state index in [0.717, 1.165) is 12.6 Å². The minimum atomic E-state index is -0.667. The van der Waals surface area contributed by atoms with Crippen LogP contribution in [0.1, 0.15) is 34.1 Å². The van der Waals surface area contributed by atoms with Crippen molar-refractivity contribution in [2.45, 2.75) is 13.3 Å². The molecule has 1 aromatic carbocycles. The van der Waals surface area contributed by atoms with Crippen molar-refractivity contribution in [2.24, 2.45) is 5.41 Å². The molecule has 0 aliphatic rings. The monoisotopic (exact) mass is 346 g/mol. The largest absolute Gasteiger partial charge is 0.396 e. The molecule has 0 saturated heterocycles. The molecule has 0 atom stereocenters. The van der Waals surface area contributed by atoms with Gasteiger partial charge in [0.25, 0.3) is 0 Å². The Kier molecular flexibility index (Phi) is 9.24. The average molecular weight is 347 g/mol. The molecule has 0 fully saturated rings. The zero-order valence-corrected chi connectivity index (χ0v) is 12.8. The van der Waals surface area contributed by atoms with E-state index in [1.165, 1.54) is 0 Å². The Bertz CT molecular complexity index is 412. The minimum Gasteiger partial charge on any atom is -0.396 e. The SMILES string of the molecule is CCC(CO)(CO)CO.O=Cc1ccc(C=O)c(Br)c1. The molecule has 0 aliphatic heterocycles. The van der Waals surface area contributed by atoms with Gasteiger partial charge in [-0.15, -0.1) is 0 Å². The van der Waals surface area contributed by atoms with E-state index in [1.807, 2.05) is 6.92 Å². The lowest BCUT2D eigenvalue weighted by Gasteiger charge is -2.24. The van der Waals surface area contributed by atoms with E-state index in [4.69, 9.17) is 15.3 Å². The summed E-state index contributed by atoms with van der Waals surface area (Å²) >= 11 is 3.16. The van der Waals surface area contributed by atoms with Gasteiger partial charge in [0.05, 0.1) is 19.8 Å². The van der Waals surface area contributed by atoms with Crippen molar-refractivity contribution in [1.29, 1.82) is 0 Å². The second-order valence-electron chi connectivity index (χ2n) is 4.34. The summed E-state index contributed by atoms with van der Waals surface area (Å²) in [5.74, 6) is 0. The first-order valence-electron chi connectivity index (χ1n) is 6.05. The third kappa shape index (κ3) is 5.50. The third-order valence-corrected chi connectivity index (χ3v) is 3.73. The predicted octanol–water partition coefficient (Wildman–Crippen LogP) is 1.43. The first kappa shape index (κ1) is 18.9. The zero-order valence-electron chi connectivity index (χ0n) is 11.3. The Balaban J connectivity index is 0.000000370. The smallest absolute Gasteiger partial charge is 0.151 e. The summed E-state index contributed by atoms with van der Waals surface area (Å²) in [7, 11) is 0. The van der Waals surface area contributed by atoms with Gasteiger partial charge in [0.2, 0.25) is 0 Å². The number of carbonyl (C=O) groups excluding carboxylic acids is 2. The Labute approximate surface area is 126 Å². The van der Waals surface area contributed by atoms with Crippen molar-refractivity contribution in [3.8, 4) is 0 Å². The number of aldehydes is 2. The molecular formula is C14H19BrO5. The van der Waals surface area contributed by atoms with Gasteiger partial charge in [-0.25, -0.2) is 0 Å². The van der Waals surface area contributed by atoms with E-state index >= 15 is 0 Å². The van der Waals surface area contributed by atoms with E-state index in [1.54, 1.807) is 18.2 Å². The third-order valence-electron chi connectivity index (χ3n) is 3.04. The fourth-order valence-electron chi connectivity index (χ4n) is 1.20. The van der Waals surface area contributed by atoms with Gasteiger partial charge in [0, 0.05) is 21.0 Å². The normalized spacial score (nSPS) is 10.4. The molecule has 0 aromatic heterocycles. The number of carbonyl (C=O) groups is 2. The predicted molar refractivity (Wildman–Crippen MR) is 78.9 cm³/mol. The van der Waals surface area contributed by atoms with Gasteiger partial charge in [-0.2, -0.15) is 0 Å². The molecule has 6 heteroatoms. The van der Waals surface area contributed by atoms with Gasteiger partial charge >= 0.3 is 0 Å². The summed E-state index contributed by atoms with van der Waals surface area (Å²) < 4.78 is 0.650. The minimum absolute atomic E-state index is 0.156. The van der Waals surface area contributed by atoms with Gasteiger partial charge in [0.1, 0.15) is 6.29 Å². The van der Waals surface area contributed by atoms with Gasteiger partial charge in [0.15, 0.2) is 6.29 Å². The Morgan fingerprint density at radius 1 is 1.10 bits per heavy atom. The topological polar surface area (TPSA) is 94.8 Å². The van der Waals surface area contributed by atoms with Crippen molar-refractivity contribution in [2.75, 3.05) is 19.8 Å². The van der Waals surface area contributed by atoms with Crippen LogP contribution in [0.5, 0.6) is 0 Å². The molecule has 0 amide bonds. The second-order valence-corrected chi connectivity index (χ2v) is 5.20. The first-order chi connectivity index (χ1) is 9.52. The highest BCUT2D eigenvalue weighted by molar-refractivity contribution is 9.10. The summed E-state index contributed by atoms with van der Waals surface area (Å²) in [6.45, 7) is 1.35. The van der Waals surface area contributed by atoms with Crippen molar-refractivity contribution in [3.63, 3.8) is 0 Å². The number of aliphatic hydroxyl groups excluding tert-OH is 3. The Morgan fingerprint density at radius 2 is 1.65 bits per heavy atom. The maximum Gasteiger partial charge on any atom is 0.151 e. The number of rotatable bonds is 6. The van der Waals surface area contributed by atoms with E-state index < -0.39 is 5.41 Å². The van der Waals surface area contributed by atoms with Crippen LogP contribution < -0.4 is 0 Å². The highest BCUT2D eigenvalue weighted by atomic mass is 79.9. The summed E-state index contributed by atoms with van der Waals surface area (Å²) in [4.78, 5) is 20.6. The number of hydrogen-bond acceptors (Lipinski definition) is 5. The molecule has 1 aromatic rings. The molecule has 3 N–H and O–H groups in total. The summed E-state index contributed by atoms with van der Waals surface area (Å²) in [6, 6.07) is 4.80. The van der Waals surface area contributed by atoms with Crippen LogP contribution in [-0.2, 0) is 0 Å². The molecule has 5 nitrogen and oxygen atoms in total. The summed E-state index contributed by atoms with van der Waals surface area (Å²) in [5, 5.41) is 26.0. The zero-order chi connectivity index (χ0) is 15.6. The summed E-state index contributed by atoms with van der Waals surface area (Å²) in [6.07, 6.45) is 2.06. The number of hydrogen-bond donors (Lipinski definition) is 3. The maximum atomic E-state index is 10.3. The number of aliphatic hydroxyl groups is 3. The molecule has 0 heterocycles. The van der Waals surface area contributed by atoms with Crippen molar-refractivity contribution in [1.82, 2.24) is 0 Å². The molecule has 0 bridgehead atoms. The highest BCUT2D eigenvalue weighted by Gasteiger charge is 2.24. The molecule has 0 spiro atoms. The van der Waals surface area contributed by atoms with E-state index in [0.29, 0.717) is 22.0 Å². The molecular weight excluding hydrogens is 328 g/mol. The molecule has 20 heavy (non-hydrogen) atoms. The fourth-order valence-corrected chi connectivity index (χ4v) is 1.69. The van der Waals surface area contributed by atoms with Crippen molar-refractivity contribution < 1.29 is 24.9 Å². The van der Waals surface area contributed by atoms with Crippen LogP contribution in [0.4, 0.5) is 0 Å². The van der Waals surface area contributed by atoms with E-state index in [-0.39, 0.29) is 19.8 Å². The van der Waals surface area contributed by atoms with Gasteiger partial charge < -0.3 is 15.3 Å². The van der Waals surface area contributed by atoms with Crippen LogP contribution in [0.2, 0.25) is 0 Å². The molecule has 0 aliphatic carbocycles. The second kappa shape index (κ2) is 9.77. The molecule has 112 valence electrons. The molecule has 0 unspecified atom stereocenters. The lowest BCUT2D eigenvalue weighted by Crippen LogP contribution is -2.32. The number of benzene rings is 1. The van der Waals surface area contributed by atoms with Gasteiger partial charge in [-0.1, -0.05) is 28.9 Å². The first-order valence-corrected chi connectivity index (χ1v) is 6.84. The van der Waals surface area contributed by atoms with Crippen molar-refractivity contribution in [3.05, 3.63) is 33.8 Å². The van der Waals surface area contributed by atoms with Crippen LogP contribution in [0.25, 0.3) is 0 Å². The fraction of sp³-hybridized carbons (Fsp3) is 0.429. The van der Waals surface area contributed by atoms with E-state index in [9.17, 15) is 9.59 Å². The van der Waals surface area contributed by atoms with Crippen LogP contribution in [0.15, 0.2) is 22.7 Å². The quantitative estimate of drug-likeness (QED) is 0.677. The lowest BCUT2D eigenvalue weighted by molar-refractivity contribution is 0.00304. The molecule has 1 rings (SSSR count). The van der Waals surface area contributed by atoms with Crippen molar-refractivity contribution >= 4 is 28.5 Å². The Morgan fingerprint density at radius 3 is 1.90 bits per heavy atom. The Hall–Kier alpha value is -1.08. The van der Waals surface area contributed by atoms with Crippen LogP contribution >= 0.6 is 15.9 Å². The van der Waals surface area contributed by atoms with Gasteiger partial charge in [-0.3, -0.25) is 9.59 Å². The standard InChI is InChI=1S/C8H5BrO2.C6H14O3/c9-8-3-6(4-10)1-2-7(8)5-11;1-2-6(3-7,4-8)5-9/h1-5H;7-9H,2-5H2,1H3. The lowest BCUT2D eigenvalue weighted by atomic mass is 9.88.